The van der Waals surface area contributed by atoms with Crippen LogP contribution < -0.4 is 10.6 Å². The average Bonchev–Trinajstić information content (AvgIpc) is 3.37. The summed E-state index contributed by atoms with van der Waals surface area (Å²) in [6, 6.07) is 7.73. The van der Waals surface area contributed by atoms with Crippen LogP contribution in [0.25, 0.3) is 22.6 Å². The molecule has 1 fully saturated rings. The van der Waals surface area contributed by atoms with Crippen LogP contribution in [0.1, 0.15) is 6.92 Å². The van der Waals surface area contributed by atoms with Gasteiger partial charge in [0.1, 0.15) is 17.6 Å². The number of hydrogen-bond acceptors (Lipinski definition) is 7. The minimum Gasteiger partial charge on any atom is -0.443 e. The van der Waals surface area contributed by atoms with Gasteiger partial charge in [-0.25, -0.2) is 9.18 Å². The van der Waals surface area contributed by atoms with Crippen molar-refractivity contribution < 1.29 is 23.2 Å². The Hall–Kier alpha value is -3.82. The molecule has 10 heteroatoms. The van der Waals surface area contributed by atoms with Crippen molar-refractivity contribution in [3.63, 3.8) is 0 Å². The number of amides is 2. The summed E-state index contributed by atoms with van der Waals surface area (Å²) in [5.74, 6) is -1.41. The molecule has 0 saturated carbocycles. The maximum atomic E-state index is 14.8. The molecule has 4 rings (SSSR count). The Morgan fingerprint density at radius 2 is 2.14 bits per heavy atom. The minimum absolute atomic E-state index is 0.114. The highest BCUT2D eigenvalue weighted by Crippen LogP contribution is 2.30. The lowest BCUT2D eigenvalue weighted by Gasteiger charge is -2.15. The van der Waals surface area contributed by atoms with E-state index in [1.165, 1.54) is 23.6 Å². The van der Waals surface area contributed by atoms with E-state index in [0.29, 0.717) is 28.3 Å². The summed E-state index contributed by atoms with van der Waals surface area (Å²) in [4.78, 5) is 32.8. The molecule has 2 atom stereocenters. The summed E-state index contributed by atoms with van der Waals surface area (Å²) < 4.78 is 24.6. The summed E-state index contributed by atoms with van der Waals surface area (Å²) in [6.45, 7) is 1.70. The van der Waals surface area contributed by atoms with Crippen LogP contribution in [0.3, 0.4) is 0 Å². The fourth-order valence-corrected chi connectivity index (χ4v) is 3.01. The van der Waals surface area contributed by atoms with E-state index >= 15 is 0 Å². The number of pyridine rings is 1. The van der Waals surface area contributed by atoms with Crippen molar-refractivity contribution in [2.75, 3.05) is 11.4 Å². The molecule has 3 heterocycles. The van der Waals surface area contributed by atoms with E-state index in [9.17, 15) is 14.0 Å². The molecule has 2 N–H and O–H groups in total. The van der Waals surface area contributed by atoms with E-state index in [4.69, 9.17) is 10.5 Å². The molecule has 9 nitrogen and oxygen atoms in total. The van der Waals surface area contributed by atoms with Gasteiger partial charge in [0.25, 0.3) is 0 Å². The van der Waals surface area contributed by atoms with Crippen LogP contribution in [0.15, 0.2) is 47.4 Å². The monoisotopic (exact) mass is 397 g/mol. The lowest BCUT2D eigenvalue weighted by Crippen LogP contribution is -2.34. The predicted molar refractivity (Wildman–Crippen MR) is 98.9 cm³/mol. The van der Waals surface area contributed by atoms with Gasteiger partial charge in [-0.15, -0.1) is 0 Å². The second kappa shape index (κ2) is 7.30. The van der Waals surface area contributed by atoms with Gasteiger partial charge in [0.15, 0.2) is 0 Å². The highest BCUT2D eigenvalue weighted by molar-refractivity contribution is 5.91. The van der Waals surface area contributed by atoms with Crippen LogP contribution in [0.2, 0.25) is 0 Å². The standard InChI is InChI=1S/C19H16FN5O4/c1-10(17(21)26)16-8-25(19(27)29-16)12-3-4-13(14(20)6-12)11-2-5-15(22-7-11)18-23-9-28-24-18/h2-7,9-10,16H,8H2,1H3,(H2,21,26)/t10-,16?/m0/s1. The van der Waals surface area contributed by atoms with E-state index in [1.807, 2.05) is 0 Å². The van der Waals surface area contributed by atoms with Crippen molar-refractivity contribution in [2.24, 2.45) is 11.7 Å². The number of nitrogens with two attached hydrogens (primary N) is 1. The number of halogens is 1. The third-order valence-electron chi connectivity index (χ3n) is 4.77. The Morgan fingerprint density at radius 1 is 1.31 bits per heavy atom. The highest BCUT2D eigenvalue weighted by Gasteiger charge is 2.37. The highest BCUT2D eigenvalue weighted by atomic mass is 19.1. The van der Waals surface area contributed by atoms with Gasteiger partial charge >= 0.3 is 6.09 Å². The van der Waals surface area contributed by atoms with E-state index in [1.54, 1.807) is 31.2 Å². The molecule has 0 aliphatic carbocycles. The van der Waals surface area contributed by atoms with Crippen LogP contribution in [-0.2, 0) is 9.53 Å². The van der Waals surface area contributed by atoms with Gasteiger partial charge in [0.2, 0.25) is 18.1 Å². The molecule has 148 valence electrons. The first-order valence-electron chi connectivity index (χ1n) is 8.74. The van der Waals surface area contributed by atoms with Gasteiger partial charge in [0, 0.05) is 17.3 Å². The Bertz CT molecular complexity index is 1050. The maximum absolute atomic E-state index is 14.8. The van der Waals surface area contributed by atoms with Crippen LogP contribution in [0, 0.1) is 11.7 Å². The second-order valence-electron chi connectivity index (χ2n) is 6.57. The number of aromatic nitrogens is 3. The molecule has 3 aromatic rings. The SMILES string of the molecule is C[C@H](C(N)=O)C1CN(c2ccc(-c3ccc(-c4ncon4)nc3)c(F)c2)C(=O)O1. The molecular formula is C19H16FN5O4. The number of rotatable bonds is 5. The topological polar surface area (TPSA) is 124 Å². The molecule has 29 heavy (non-hydrogen) atoms. The molecule has 0 radical (unpaired) electrons. The van der Waals surface area contributed by atoms with Crippen LogP contribution in [0.4, 0.5) is 14.9 Å². The first kappa shape index (κ1) is 18.5. The Kier molecular flexibility index (Phi) is 4.67. The number of carbonyl (C=O) groups excluding carboxylic acids is 2. The van der Waals surface area contributed by atoms with Gasteiger partial charge < -0.3 is 15.0 Å². The Labute approximate surface area is 164 Å². The Morgan fingerprint density at radius 3 is 2.76 bits per heavy atom. The molecular weight excluding hydrogens is 381 g/mol. The fraction of sp³-hybridized carbons (Fsp3) is 0.211. The lowest BCUT2D eigenvalue weighted by atomic mass is 10.0. The largest absolute Gasteiger partial charge is 0.443 e. The van der Waals surface area contributed by atoms with Crippen LogP contribution >= 0.6 is 0 Å². The first-order valence-corrected chi connectivity index (χ1v) is 8.74. The molecule has 1 saturated heterocycles. The third kappa shape index (κ3) is 3.51. The lowest BCUT2D eigenvalue weighted by molar-refractivity contribution is -0.123. The van der Waals surface area contributed by atoms with E-state index < -0.39 is 29.8 Å². The van der Waals surface area contributed by atoms with Gasteiger partial charge in [-0.3, -0.25) is 14.7 Å². The molecule has 2 aromatic heterocycles. The Balaban J connectivity index is 1.55. The number of carbonyl (C=O) groups is 2. The normalized spacial score (nSPS) is 17.2. The van der Waals surface area contributed by atoms with E-state index in [0.717, 1.165) is 0 Å². The molecule has 0 bridgehead atoms. The van der Waals surface area contributed by atoms with E-state index in [2.05, 4.69) is 19.6 Å². The van der Waals surface area contributed by atoms with Gasteiger partial charge in [-0.1, -0.05) is 11.2 Å². The van der Waals surface area contributed by atoms with Crippen molar-refractivity contribution in [2.45, 2.75) is 13.0 Å². The van der Waals surface area contributed by atoms with Gasteiger partial charge in [-0.05, 0) is 31.2 Å². The number of primary amides is 1. The second-order valence-corrected chi connectivity index (χ2v) is 6.57. The number of benzene rings is 1. The zero-order valence-corrected chi connectivity index (χ0v) is 15.3. The van der Waals surface area contributed by atoms with Gasteiger partial charge in [0.05, 0.1) is 18.2 Å². The summed E-state index contributed by atoms with van der Waals surface area (Å²) in [7, 11) is 0. The number of ether oxygens (including phenoxy) is 1. The fourth-order valence-electron chi connectivity index (χ4n) is 3.01. The summed E-state index contributed by atoms with van der Waals surface area (Å²) >= 11 is 0. The summed E-state index contributed by atoms with van der Waals surface area (Å²) in [5.41, 5.74) is 6.95. The molecule has 1 aliphatic rings. The van der Waals surface area contributed by atoms with Crippen molar-refractivity contribution in [1.29, 1.82) is 0 Å². The zero-order valence-electron chi connectivity index (χ0n) is 15.3. The quantitative estimate of drug-likeness (QED) is 0.701. The summed E-state index contributed by atoms with van der Waals surface area (Å²) in [6.07, 6.45) is 1.37. The van der Waals surface area contributed by atoms with Gasteiger partial charge in [-0.2, -0.15) is 4.98 Å². The number of cyclic esters (lactones) is 1. The first-order chi connectivity index (χ1) is 13.9. The zero-order chi connectivity index (χ0) is 20.5. The molecule has 1 aromatic carbocycles. The smallest absolute Gasteiger partial charge is 0.414 e. The summed E-state index contributed by atoms with van der Waals surface area (Å²) in [5, 5.41) is 3.70. The molecule has 1 unspecified atom stereocenters. The van der Waals surface area contributed by atoms with Crippen LogP contribution in [0.5, 0.6) is 0 Å². The molecule has 1 aliphatic heterocycles. The molecule has 0 spiro atoms. The predicted octanol–water partition coefficient (Wildman–Crippen LogP) is 2.38. The number of hydrogen-bond donors (Lipinski definition) is 1. The maximum Gasteiger partial charge on any atom is 0.414 e. The average molecular weight is 397 g/mol. The van der Waals surface area contributed by atoms with E-state index in [-0.39, 0.29) is 6.54 Å². The third-order valence-corrected chi connectivity index (χ3v) is 4.77. The minimum atomic E-state index is -0.676. The number of nitrogens with zero attached hydrogens (tertiary/aromatic N) is 4. The molecule has 2 amide bonds. The van der Waals surface area contributed by atoms with Crippen LogP contribution in [-0.4, -0.2) is 39.8 Å². The number of anilines is 1. The van der Waals surface area contributed by atoms with Crippen molar-refractivity contribution in [1.82, 2.24) is 15.1 Å². The van der Waals surface area contributed by atoms with Crippen molar-refractivity contribution in [3.05, 3.63) is 48.7 Å². The van der Waals surface area contributed by atoms with Crippen molar-refractivity contribution >= 4 is 17.7 Å². The van der Waals surface area contributed by atoms with Crippen molar-refractivity contribution in [3.8, 4) is 22.6 Å².